The molecule has 33 heavy (non-hydrogen) atoms. The fourth-order valence-corrected chi connectivity index (χ4v) is 3.76. The first-order valence-corrected chi connectivity index (χ1v) is 11.2. The number of rotatable bonds is 10. The van der Waals surface area contributed by atoms with E-state index in [1.54, 1.807) is 28.8 Å². The lowest BCUT2D eigenvalue weighted by Gasteiger charge is -2.11. The van der Waals surface area contributed by atoms with E-state index >= 15 is 0 Å². The van der Waals surface area contributed by atoms with Crippen LogP contribution in [-0.2, 0) is 34.1 Å². The number of aliphatic hydroxyl groups is 1. The molecule has 0 radical (unpaired) electrons. The number of benzene rings is 2. The normalized spacial score (nSPS) is 10.5. The average molecular weight is 468 g/mol. The zero-order chi connectivity index (χ0) is 23.6. The molecule has 1 aromatic heterocycles. The zero-order valence-corrected chi connectivity index (χ0v) is 18.9. The van der Waals surface area contributed by atoms with Crippen LogP contribution in [0.5, 0.6) is 0 Å². The Morgan fingerprint density at radius 2 is 1.64 bits per heavy atom. The van der Waals surface area contributed by atoms with Gasteiger partial charge in [-0.1, -0.05) is 42.1 Å². The molecule has 0 unspecified atom stereocenters. The van der Waals surface area contributed by atoms with Crippen molar-refractivity contribution in [3.63, 3.8) is 0 Å². The van der Waals surface area contributed by atoms with Gasteiger partial charge in [-0.25, -0.2) is 4.98 Å². The van der Waals surface area contributed by atoms with Crippen molar-refractivity contribution in [1.82, 2.24) is 14.9 Å². The van der Waals surface area contributed by atoms with Gasteiger partial charge >= 0.3 is 0 Å². The van der Waals surface area contributed by atoms with Crippen molar-refractivity contribution >= 4 is 40.9 Å². The Labute approximate surface area is 195 Å². The minimum Gasteiger partial charge on any atom is -0.390 e. The van der Waals surface area contributed by atoms with Gasteiger partial charge in [-0.15, -0.1) is 0 Å². The van der Waals surface area contributed by atoms with Crippen LogP contribution >= 0.6 is 11.8 Å². The van der Waals surface area contributed by atoms with E-state index in [0.717, 1.165) is 5.56 Å². The number of hydrogen-bond acceptors (Lipinski definition) is 6. The number of carbonyl (C=O) groups excluding carboxylic acids is 3. The Morgan fingerprint density at radius 3 is 2.27 bits per heavy atom. The summed E-state index contributed by atoms with van der Waals surface area (Å²) in [6.07, 6.45) is 1.49. The van der Waals surface area contributed by atoms with Gasteiger partial charge in [-0.05, 0) is 29.8 Å². The van der Waals surface area contributed by atoms with Crippen LogP contribution in [0.2, 0.25) is 0 Å². The van der Waals surface area contributed by atoms with Crippen LogP contribution in [0.15, 0.2) is 66.0 Å². The number of amides is 3. The van der Waals surface area contributed by atoms with Crippen molar-refractivity contribution in [2.45, 2.75) is 31.8 Å². The molecule has 0 aliphatic carbocycles. The van der Waals surface area contributed by atoms with Gasteiger partial charge < -0.3 is 25.6 Å². The highest BCUT2D eigenvalue weighted by Gasteiger charge is 2.15. The highest BCUT2D eigenvalue weighted by Crippen LogP contribution is 2.20. The first kappa shape index (κ1) is 24.0. The highest BCUT2D eigenvalue weighted by molar-refractivity contribution is 7.99. The molecule has 2 aromatic carbocycles. The molecule has 0 atom stereocenters. The maximum Gasteiger partial charge on any atom is 0.240 e. The largest absolute Gasteiger partial charge is 0.390 e. The van der Waals surface area contributed by atoms with Crippen molar-refractivity contribution in [3.05, 3.63) is 72.1 Å². The number of imidazole rings is 1. The van der Waals surface area contributed by atoms with Gasteiger partial charge in [0.2, 0.25) is 17.7 Å². The van der Waals surface area contributed by atoms with Gasteiger partial charge in [-0.2, -0.15) is 0 Å². The molecule has 9 nitrogen and oxygen atoms in total. The molecule has 0 bridgehead atoms. The Balaban J connectivity index is 1.54. The topological polar surface area (TPSA) is 125 Å². The van der Waals surface area contributed by atoms with E-state index in [1.807, 2.05) is 30.3 Å². The summed E-state index contributed by atoms with van der Waals surface area (Å²) in [6.45, 7) is 1.53. The number of thioether (sulfide) groups is 1. The fourth-order valence-electron chi connectivity index (χ4n) is 2.97. The molecule has 172 valence electrons. The Bertz CT molecular complexity index is 1100. The van der Waals surface area contributed by atoms with Crippen LogP contribution in [0.4, 0.5) is 11.4 Å². The molecule has 0 aliphatic rings. The predicted molar refractivity (Wildman–Crippen MR) is 127 cm³/mol. The summed E-state index contributed by atoms with van der Waals surface area (Å²) in [5.41, 5.74) is 2.70. The Morgan fingerprint density at radius 1 is 0.970 bits per heavy atom. The molecule has 1 heterocycles. The van der Waals surface area contributed by atoms with E-state index in [0.29, 0.717) is 28.8 Å². The average Bonchev–Trinajstić information content (AvgIpc) is 3.19. The van der Waals surface area contributed by atoms with Crippen molar-refractivity contribution < 1.29 is 19.5 Å². The highest BCUT2D eigenvalue weighted by atomic mass is 32.2. The van der Waals surface area contributed by atoms with Gasteiger partial charge in [0.1, 0.15) is 6.54 Å². The molecule has 0 saturated carbocycles. The lowest BCUT2D eigenvalue weighted by Crippen LogP contribution is -2.28. The summed E-state index contributed by atoms with van der Waals surface area (Å²) in [6, 6.07) is 16.3. The van der Waals surface area contributed by atoms with E-state index in [2.05, 4.69) is 20.9 Å². The molecule has 4 N–H and O–H groups in total. The summed E-state index contributed by atoms with van der Waals surface area (Å²) in [4.78, 5) is 40.1. The molecule has 0 fully saturated rings. The second kappa shape index (κ2) is 11.8. The third-order valence-electron chi connectivity index (χ3n) is 4.52. The SMILES string of the molecule is CC(=O)Nc1ccc(NC(=O)CSc2ncc(CO)n2CC(=O)NCc2ccccc2)cc1. The summed E-state index contributed by atoms with van der Waals surface area (Å²) in [7, 11) is 0. The van der Waals surface area contributed by atoms with Crippen LogP contribution in [-0.4, -0.2) is 38.1 Å². The number of aliphatic hydroxyl groups excluding tert-OH is 1. The van der Waals surface area contributed by atoms with Gasteiger partial charge in [0.15, 0.2) is 5.16 Å². The van der Waals surface area contributed by atoms with E-state index in [4.69, 9.17) is 0 Å². The summed E-state index contributed by atoms with van der Waals surface area (Å²) >= 11 is 1.17. The number of nitrogens with one attached hydrogen (secondary N) is 3. The smallest absolute Gasteiger partial charge is 0.240 e. The van der Waals surface area contributed by atoms with E-state index < -0.39 is 0 Å². The van der Waals surface area contributed by atoms with Gasteiger partial charge in [-0.3, -0.25) is 14.4 Å². The first-order chi connectivity index (χ1) is 15.9. The van der Waals surface area contributed by atoms with Gasteiger partial charge in [0.25, 0.3) is 0 Å². The van der Waals surface area contributed by atoms with Crippen LogP contribution in [0.25, 0.3) is 0 Å². The fraction of sp³-hybridized carbons (Fsp3) is 0.217. The molecular formula is C23H25N5O4S. The zero-order valence-electron chi connectivity index (χ0n) is 18.1. The summed E-state index contributed by atoms with van der Waals surface area (Å²) in [5, 5.41) is 18.3. The quantitative estimate of drug-likeness (QED) is 0.339. The standard InChI is InChI=1S/C23H25N5O4S/c1-16(30)26-18-7-9-19(10-8-18)27-22(32)15-33-23-25-12-20(14-29)28(23)13-21(31)24-11-17-5-3-2-4-6-17/h2-10,12,29H,11,13-15H2,1H3,(H,24,31)(H,26,30)(H,27,32). The minimum atomic E-state index is -0.271. The summed E-state index contributed by atoms with van der Waals surface area (Å²) in [5.74, 6) is -0.575. The molecular weight excluding hydrogens is 442 g/mol. The number of aromatic nitrogens is 2. The number of carbonyl (C=O) groups is 3. The number of hydrogen-bond donors (Lipinski definition) is 4. The Kier molecular flexibility index (Phi) is 8.62. The van der Waals surface area contributed by atoms with Gasteiger partial charge in [0.05, 0.1) is 24.3 Å². The second-order valence-corrected chi connectivity index (χ2v) is 8.08. The Hall–Kier alpha value is -3.63. The molecule has 10 heteroatoms. The van der Waals surface area contributed by atoms with Crippen molar-refractivity contribution in [3.8, 4) is 0 Å². The minimum absolute atomic E-state index is 0.0166. The molecule has 0 spiro atoms. The molecule has 0 saturated heterocycles. The van der Waals surface area contributed by atoms with Gasteiger partial charge in [0, 0.05) is 24.8 Å². The van der Waals surface area contributed by atoms with E-state index in [-0.39, 0.29) is 36.6 Å². The molecule has 0 aliphatic heterocycles. The third kappa shape index (κ3) is 7.48. The summed E-state index contributed by atoms with van der Waals surface area (Å²) < 4.78 is 1.60. The second-order valence-electron chi connectivity index (χ2n) is 7.13. The van der Waals surface area contributed by atoms with Crippen molar-refractivity contribution in [2.24, 2.45) is 0 Å². The first-order valence-electron chi connectivity index (χ1n) is 10.2. The maximum absolute atomic E-state index is 12.4. The molecule has 3 aromatic rings. The lowest BCUT2D eigenvalue weighted by atomic mass is 10.2. The van der Waals surface area contributed by atoms with Crippen LogP contribution < -0.4 is 16.0 Å². The monoisotopic (exact) mass is 467 g/mol. The number of nitrogens with zero attached hydrogens (tertiary/aromatic N) is 2. The lowest BCUT2D eigenvalue weighted by molar-refractivity contribution is -0.122. The van der Waals surface area contributed by atoms with E-state index in [9.17, 15) is 19.5 Å². The van der Waals surface area contributed by atoms with Crippen molar-refractivity contribution in [2.75, 3.05) is 16.4 Å². The predicted octanol–water partition coefficient (Wildman–Crippen LogP) is 2.38. The number of anilines is 2. The molecule has 3 rings (SSSR count). The third-order valence-corrected chi connectivity index (χ3v) is 5.51. The van der Waals surface area contributed by atoms with Crippen LogP contribution in [0, 0.1) is 0 Å². The molecule has 3 amide bonds. The van der Waals surface area contributed by atoms with Crippen molar-refractivity contribution in [1.29, 1.82) is 0 Å². The van der Waals surface area contributed by atoms with E-state index in [1.165, 1.54) is 24.9 Å². The van der Waals surface area contributed by atoms with Crippen LogP contribution in [0.3, 0.4) is 0 Å². The maximum atomic E-state index is 12.4. The van der Waals surface area contributed by atoms with Crippen LogP contribution in [0.1, 0.15) is 18.2 Å².